The quantitative estimate of drug-likeness (QED) is 0.0818. The summed E-state index contributed by atoms with van der Waals surface area (Å²) in [5, 5.41) is -1.48. The van der Waals surface area contributed by atoms with Crippen LogP contribution in [0.2, 0.25) is 0 Å². The topological polar surface area (TPSA) is 96.0 Å². The van der Waals surface area contributed by atoms with Gasteiger partial charge in [0.05, 0.1) is 27.7 Å². The Hall–Kier alpha value is -0.470. The maximum Gasteiger partial charge on any atom is 0.369 e. The van der Waals surface area contributed by atoms with Crippen molar-refractivity contribution in [3.8, 4) is 0 Å². The van der Waals surface area contributed by atoms with Gasteiger partial charge in [0, 0.05) is 0 Å². The Morgan fingerprint density at radius 1 is 0.848 bits per heavy atom. The summed E-state index contributed by atoms with van der Waals surface area (Å²) >= 11 is 0. The highest BCUT2D eigenvalue weighted by Gasteiger charge is 2.36. The van der Waals surface area contributed by atoms with E-state index in [-0.39, 0.29) is 19.6 Å². The fourth-order valence-corrected chi connectivity index (χ4v) is 5.25. The van der Waals surface area contributed by atoms with Gasteiger partial charge in [0.25, 0.3) is 10.1 Å². The Morgan fingerprint density at radius 3 is 1.79 bits per heavy atom. The predicted molar refractivity (Wildman–Crippen MR) is 134 cm³/mol. The summed E-state index contributed by atoms with van der Waals surface area (Å²) in [7, 11) is -1.49. The van der Waals surface area contributed by atoms with Gasteiger partial charge >= 0.3 is 14.2 Å². The van der Waals surface area contributed by atoms with Crippen LogP contribution < -0.4 is 0 Å². The number of hydrogen-bond donors (Lipinski definition) is 0. The van der Waals surface area contributed by atoms with Crippen molar-refractivity contribution in [2.45, 2.75) is 103 Å². The summed E-state index contributed by atoms with van der Waals surface area (Å²) in [6.45, 7) is 4.39. The van der Waals surface area contributed by atoms with E-state index in [4.69, 9.17) is 13.2 Å². The number of quaternary nitrogens is 1. The molecule has 2 atom stereocenters. The zero-order valence-corrected chi connectivity index (χ0v) is 23.4. The van der Waals surface area contributed by atoms with Gasteiger partial charge in [-0.25, -0.2) is 4.57 Å². The molecule has 8 nitrogen and oxygen atoms in total. The van der Waals surface area contributed by atoms with Crippen molar-refractivity contribution in [3.05, 3.63) is 0 Å². The van der Waals surface area contributed by atoms with Gasteiger partial charge in [-0.3, -0.25) is 8.98 Å². The molecule has 0 aliphatic heterocycles. The lowest BCUT2D eigenvalue weighted by Gasteiger charge is -2.24. The maximum absolute atomic E-state index is 12.7. The third-order valence-electron chi connectivity index (χ3n) is 5.39. The molecule has 0 spiro atoms. The Morgan fingerprint density at radius 2 is 1.33 bits per heavy atom. The summed E-state index contributed by atoms with van der Waals surface area (Å²) in [5.41, 5.74) is 0. The average molecular weight is 515 g/mol. The monoisotopic (exact) mass is 514 g/mol. The molecule has 0 N–H and O–H groups in total. The second-order valence-electron chi connectivity index (χ2n) is 9.60. The lowest BCUT2D eigenvalue weighted by Crippen LogP contribution is -2.39. The molecule has 0 radical (unpaired) electrons. The number of unbranched alkanes of at least 4 members (excludes halogenated alkanes) is 11. The molecule has 0 aliphatic rings. The minimum absolute atomic E-state index is 0.0330. The molecule has 0 aromatic heterocycles. The Balaban J connectivity index is 4.47. The van der Waals surface area contributed by atoms with Crippen molar-refractivity contribution in [1.82, 2.24) is 0 Å². The van der Waals surface area contributed by atoms with Crippen molar-refractivity contribution in [2.75, 3.05) is 40.9 Å². The first-order valence-electron chi connectivity index (χ1n) is 12.6. The summed E-state index contributed by atoms with van der Waals surface area (Å²) in [4.78, 5) is 12.4. The lowest BCUT2D eigenvalue weighted by molar-refractivity contribution is -0.870. The van der Waals surface area contributed by atoms with E-state index in [9.17, 15) is 17.8 Å². The number of carbonyl (C=O) groups excluding carboxylic acids is 1. The van der Waals surface area contributed by atoms with Gasteiger partial charge in [0.1, 0.15) is 13.2 Å². The number of rotatable bonds is 22. The van der Waals surface area contributed by atoms with E-state index < -0.39 is 29.6 Å². The molecule has 33 heavy (non-hydrogen) atoms. The molecule has 10 heteroatoms. The van der Waals surface area contributed by atoms with Gasteiger partial charge in [-0.1, -0.05) is 84.0 Å². The van der Waals surface area contributed by atoms with Crippen LogP contribution in [0.3, 0.4) is 0 Å². The van der Waals surface area contributed by atoms with Crippen LogP contribution in [0.1, 0.15) is 97.3 Å². The van der Waals surface area contributed by atoms with Crippen LogP contribution in [0, 0.1) is 0 Å². The van der Waals surface area contributed by atoms with Crippen molar-refractivity contribution in [1.29, 1.82) is 0 Å². The zero-order chi connectivity index (χ0) is 25.2. The molecule has 0 aromatic carbocycles. The van der Waals surface area contributed by atoms with E-state index in [0.29, 0.717) is 17.4 Å². The molecular formula is C23H49NO7PS+. The summed E-state index contributed by atoms with van der Waals surface area (Å²) in [6, 6.07) is 0. The molecule has 0 heterocycles. The molecule has 0 saturated carbocycles. The van der Waals surface area contributed by atoms with E-state index in [2.05, 4.69) is 6.92 Å². The Kier molecular flexibility index (Phi) is 18.5. The predicted octanol–water partition coefficient (Wildman–Crippen LogP) is 5.47. The highest BCUT2D eigenvalue weighted by atomic mass is 32.2. The van der Waals surface area contributed by atoms with Crippen LogP contribution in [0.25, 0.3) is 0 Å². The van der Waals surface area contributed by atoms with Gasteiger partial charge < -0.3 is 13.5 Å². The maximum atomic E-state index is 12.7. The normalized spacial score (nSPS) is 14.2. The number of nitrogens with zero attached hydrogens (tertiary/aromatic N) is 1. The molecule has 0 bridgehead atoms. The zero-order valence-electron chi connectivity index (χ0n) is 21.6. The number of likely N-dealkylation sites (N-methyl/N-ethyl adjacent to an activating group) is 1. The number of hydrogen-bond acceptors (Lipinski definition) is 7. The summed E-state index contributed by atoms with van der Waals surface area (Å²) in [5.74, 6) is -1.05. The molecule has 0 amide bonds. The molecule has 0 rings (SSSR count). The van der Waals surface area contributed by atoms with E-state index >= 15 is 0 Å². The van der Waals surface area contributed by atoms with Gasteiger partial charge in [0.15, 0.2) is 5.25 Å². The largest absolute Gasteiger partial charge is 0.392 e. The molecule has 0 saturated heterocycles. The van der Waals surface area contributed by atoms with Gasteiger partial charge in [-0.15, -0.1) is 0 Å². The van der Waals surface area contributed by atoms with Crippen molar-refractivity contribution >= 4 is 24.3 Å². The molecule has 0 aromatic rings. The van der Waals surface area contributed by atoms with Crippen molar-refractivity contribution < 1.29 is 35.5 Å². The molecule has 2 unspecified atom stereocenters. The van der Waals surface area contributed by atoms with Crippen LogP contribution in [0.4, 0.5) is 0 Å². The summed E-state index contributed by atoms with van der Waals surface area (Å²) < 4.78 is 52.2. The first-order valence-corrected chi connectivity index (χ1v) is 15.3. The van der Waals surface area contributed by atoms with Crippen LogP contribution in [0.15, 0.2) is 0 Å². The van der Waals surface area contributed by atoms with Crippen LogP contribution >= 0.6 is 8.25 Å². The van der Waals surface area contributed by atoms with Gasteiger partial charge in [-0.2, -0.15) is 8.42 Å². The standard InChI is InChI=1S/C23H49NO7PS/c1-6-8-9-10-11-12-13-14-15-16-17-18-19-22(23(25)31-32(26)29-7-2)33(27,28)30-21-20-24(3,4)5/h22,32H,6-21H2,1-5H3/q+1. The minimum atomic E-state index is -4.18. The third kappa shape index (κ3) is 18.5. The first kappa shape index (κ1) is 32.5. The second-order valence-corrected chi connectivity index (χ2v) is 12.4. The van der Waals surface area contributed by atoms with E-state index in [1.54, 1.807) is 6.92 Å². The number of carbonyl (C=O) groups is 1. The fourth-order valence-electron chi connectivity index (χ4n) is 3.36. The average Bonchev–Trinajstić information content (AvgIpc) is 2.70. The van der Waals surface area contributed by atoms with Crippen LogP contribution in [-0.4, -0.2) is 65.0 Å². The SMILES string of the molecule is CCCCCCCCCCCCCCC(C(=O)O[PH](=O)OCC)S(=O)(=O)OCC[N+](C)(C)C. The molecule has 0 aliphatic carbocycles. The van der Waals surface area contributed by atoms with Crippen LogP contribution in [-0.2, 0) is 32.7 Å². The molecular weight excluding hydrogens is 465 g/mol. The third-order valence-corrected chi connectivity index (χ3v) is 7.90. The first-order chi connectivity index (χ1) is 15.5. The minimum Gasteiger partial charge on any atom is -0.392 e. The van der Waals surface area contributed by atoms with Crippen LogP contribution in [0.5, 0.6) is 0 Å². The fraction of sp³-hybridized carbons (Fsp3) is 0.957. The lowest BCUT2D eigenvalue weighted by atomic mass is 10.0. The second kappa shape index (κ2) is 18.8. The van der Waals surface area contributed by atoms with Gasteiger partial charge in [0.2, 0.25) is 0 Å². The van der Waals surface area contributed by atoms with E-state index in [0.717, 1.165) is 19.3 Å². The smallest absolute Gasteiger partial charge is 0.369 e. The Labute approximate surface area is 203 Å². The molecule has 198 valence electrons. The van der Waals surface area contributed by atoms with Crippen molar-refractivity contribution in [2.24, 2.45) is 0 Å². The highest BCUT2D eigenvalue weighted by Crippen LogP contribution is 2.27. The Bertz CT molecular complexity index is 635. The molecule has 0 fully saturated rings. The van der Waals surface area contributed by atoms with Crippen molar-refractivity contribution in [3.63, 3.8) is 0 Å². The van der Waals surface area contributed by atoms with E-state index in [1.807, 2.05) is 21.1 Å². The summed E-state index contributed by atoms with van der Waals surface area (Å²) in [6.07, 6.45) is 13.8. The van der Waals surface area contributed by atoms with Gasteiger partial charge in [-0.05, 0) is 13.3 Å². The van der Waals surface area contributed by atoms with E-state index in [1.165, 1.54) is 51.4 Å². The highest BCUT2D eigenvalue weighted by molar-refractivity contribution is 7.88.